The smallest absolute Gasteiger partial charge is 0.331 e. The predicted octanol–water partition coefficient (Wildman–Crippen LogP) is 2.14. The zero-order chi connectivity index (χ0) is 17.4. The molecule has 0 radical (unpaired) electrons. The van der Waals surface area contributed by atoms with Crippen molar-refractivity contribution in [3.05, 3.63) is 80.4 Å². The first-order chi connectivity index (χ1) is 12.1. The molecule has 0 unspecified atom stereocenters. The fourth-order valence-electron chi connectivity index (χ4n) is 2.72. The number of para-hydroxylation sites is 1. The van der Waals surface area contributed by atoms with Crippen LogP contribution in [0.4, 0.5) is 5.69 Å². The van der Waals surface area contributed by atoms with Crippen molar-refractivity contribution in [1.82, 2.24) is 9.55 Å². The Hall–Kier alpha value is -3.61. The van der Waals surface area contributed by atoms with Crippen LogP contribution in [-0.2, 0) is 6.54 Å². The van der Waals surface area contributed by atoms with Crippen molar-refractivity contribution < 1.29 is 9.52 Å². The van der Waals surface area contributed by atoms with Crippen LogP contribution in [0, 0.1) is 0 Å². The number of nitrogens with one attached hydrogen (secondary N) is 1. The third-order valence-corrected chi connectivity index (χ3v) is 3.96. The van der Waals surface area contributed by atoms with Crippen molar-refractivity contribution >= 4 is 23.6 Å². The first-order valence-corrected chi connectivity index (χ1v) is 7.57. The maximum atomic E-state index is 12.2. The SMILES string of the molecule is O=c1[nH]c(=O)n(Cc2ccco2)c(O)c1C=C1C=Nc2ccccc21. The Balaban J connectivity index is 1.84. The van der Waals surface area contributed by atoms with Crippen LogP contribution in [0.15, 0.2) is 61.7 Å². The van der Waals surface area contributed by atoms with Gasteiger partial charge in [0.2, 0.25) is 5.88 Å². The molecule has 7 nitrogen and oxygen atoms in total. The number of allylic oxidation sites excluding steroid dienone is 1. The van der Waals surface area contributed by atoms with Crippen LogP contribution in [0.25, 0.3) is 11.6 Å². The molecule has 1 aliphatic heterocycles. The van der Waals surface area contributed by atoms with E-state index in [0.717, 1.165) is 15.8 Å². The molecule has 0 spiro atoms. The van der Waals surface area contributed by atoms with E-state index in [4.69, 9.17) is 4.42 Å². The van der Waals surface area contributed by atoms with Gasteiger partial charge in [-0.15, -0.1) is 0 Å². The van der Waals surface area contributed by atoms with Gasteiger partial charge in [-0.3, -0.25) is 19.3 Å². The van der Waals surface area contributed by atoms with E-state index in [-0.39, 0.29) is 12.1 Å². The lowest BCUT2D eigenvalue weighted by Gasteiger charge is -2.08. The topological polar surface area (TPSA) is 101 Å². The Kier molecular flexibility index (Phi) is 3.46. The molecule has 0 saturated heterocycles. The van der Waals surface area contributed by atoms with Crippen LogP contribution >= 0.6 is 0 Å². The molecule has 2 aromatic heterocycles. The Morgan fingerprint density at radius 3 is 2.84 bits per heavy atom. The third kappa shape index (κ3) is 2.61. The van der Waals surface area contributed by atoms with Gasteiger partial charge in [0, 0.05) is 17.4 Å². The molecule has 1 aromatic carbocycles. The van der Waals surface area contributed by atoms with Gasteiger partial charge in [-0.05, 0) is 24.3 Å². The zero-order valence-corrected chi connectivity index (χ0v) is 13.0. The number of aromatic hydroxyl groups is 1. The maximum absolute atomic E-state index is 12.2. The number of rotatable bonds is 3. The van der Waals surface area contributed by atoms with E-state index in [0.29, 0.717) is 11.3 Å². The van der Waals surface area contributed by atoms with Crippen LogP contribution in [0.2, 0.25) is 0 Å². The summed E-state index contributed by atoms with van der Waals surface area (Å²) in [5.74, 6) is 0.0613. The van der Waals surface area contributed by atoms with Crippen LogP contribution in [0.5, 0.6) is 5.88 Å². The number of furan rings is 1. The second-order valence-electron chi connectivity index (χ2n) is 5.54. The van der Waals surface area contributed by atoms with E-state index in [2.05, 4.69) is 9.98 Å². The molecule has 25 heavy (non-hydrogen) atoms. The summed E-state index contributed by atoms with van der Waals surface area (Å²) in [4.78, 5) is 30.7. The molecule has 1 aliphatic rings. The van der Waals surface area contributed by atoms with Crippen molar-refractivity contribution in [3.8, 4) is 5.88 Å². The Bertz CT molecular complexity index is 1120. The minimum Gasteiger partial charge on any atom is -0.494 e. The Morgan fingerprint density at radius 2 is 2.04 bits per heavy atom. The Labute approximate surface area is 141 Å². The summed E-state index contributed by atoms with van der Waals surface area (Å²) in [5, 5.41) is 10.5. The van der Waals surface area contributed by atoms with Crippen molar-refractivity contribution in [2.75, 3.05) is 0 Å². The lowest BCUT2D eigenvalue weighted by molar-refractivity contribution is 0.392. The lowest BCUT2D eigenvalue weighted by Crippen LogP contribution is -2.31. The number of benzene rings is 1. The quantitative estimate of drug-likeness (QED) is 0.766. The molecular weight excluding hydrogens is 322 g/mol. The molecule has 0 amide bonds. The minimum atomic E-state index is -0.707. The van der Waals surface area contributed by atoms with E-state index >= 15 is 0 Å². The molecule has 124 valence electrons. The van der Waals surface area contributed by atoms with Gasteiger partial charge in [-0.1, -0.05) is 18.2 Å². The molecule has 0 bridgehead atoms. The largest absolute Gasteiger partial charge is 0.494 e. The highest BCUT2D eigenvalue weighted by Gasteiger charge is 2.17. The molecule has 4 rings (SSSR count). The van der Waals surface area contributed by atoms with Crippen molar-refractivity contribution in [2.45, 2.75) is 6.54 Å². The first kappa shape index (κ1) is 14.9. The number of hydrogen-bond acceptors (Lipinski definition) is 5. The van der Waals surface area contributed by atoms with Gasteiger partial charge >= 0.3 is 5.69 Å². The summed E-state index contributed by atoms with van der Waals surface area (Å²) in [5.41, 5.74) is 0.938. The van der Waals surface area contributed by atoms with Crippen LogP contribution < -0.4 is 11.2 Å². The second-order valence-corrected chi connectivity index (χ2v) is 5.54. The lowest BCUT2D eigenvalue weighted by atomic mass is 10.1. The highest BCUT2D eigenvalue weighted by molar-refractivity contribution is 6.21. The molecule has 2 N–H and O–H groups in total. The van der Waals surface area contributed by atoms with Gasteiger partial charge in [-0.2, -0.15) is 0 Å². The van der Waals surface area contributed by atoms with Crippen molar-refractivity contribution in [3.63, 3.8) is 0 Å². The number of aromatic amines is 1. The van der Waals surface area contributed by atoms with Gasteiger partial charge in [0.15, 0.2) is 0 Å². The van der Waals surface area contributed by atoms with Gasteiger partial charge < -0.3 is 9.52 Å². The van der Waals surface area contributed by atoms with E-state index < -0.39 is 17.1 Å². The average Bonchev–Trinajstić information content (AvgIpc) is 3.25. The van der Waals surface area contributed by atoms with E-state index in [1.165, 1.54) is 12.3 Å². The number of fused-ring (bicyclic) bond motifs is 1. The van der Waals surface area contributed by atoms with Crippen LogP contribution in [0.1, 0.15) is 16.9 Å². The highest BCUT2D eigenvalue weighted by Crippen LogP contribution is 2.32. The van der Waals surface area contributed by atoms with Crippen LogP contribution in [-0.4, -0.2) is 20.9 Å². The summed E-state index contributed by atoms with van der Waals surface area (Å²) in [6.45, 7) is 0.00922. The molecule has 3 heterocycles. The van der Waals surface area contributed by atoms with Gasteiger partial charge in [-0.25, -0.2) is 4.79 Å². The minimum absolute atomic E-state index is 0.00922. The number of hydrogen-bond donors (Lipinski definition) is 2. The first-order valence-electron chi connectivity index (χ1n) is 7.57. The number of H-pyrrole nitrogens is 1. The summed E-state index contributed by atoms with van der Waals surface area (Å²) in [7, 11) is 0. The molecule has 7 heteroatoms. The molecule has 0 atom stereocenters. The third-order valence-electron chi connectivity index (χ3n) is 3.96. The second kappa shape index (κ2) is 5.79. The fraction of sp³-hybridized carbons (Fsp3) is 0.0556. The number of nitrogens with zero attached hydrogens (tertiary/aromatic N) is 2. The normalized spacial score (nSPS) is 14.2. The fourth-order valence-corrected chi connectivity index (χ4v) is 2.72. The molecule has 0 fully saturated rings. The van der Waals surface area contributed by atoms with Crippen LogP contribution in [0.3, 0.4) is 0 Å². The molecule has 3 aromatic rings. The monoisotopic (exact) mass is 335 g/mol. The number of aliphatic imine (C=N–C) groups is 1. The highest BCUT2D eigenvalue weighted by atomic mass is 16.3. The summed E-state index contributed by atoms with van der Waals surface area (Å²) in [6, 6.07) is 10.8. The average molecular weight is 335 g/mol. The zero-order valence-electron chi connectivity index (χ0n) is 13.0. The van der Waals surface area contributed by atoms with Gasteiger partial charge in [0.25, 0.3) is 5.56 Å². The van der Waals surface area contributed by atoms with E-state index in [9.17, 15) is 14.7 Å². The Morgan fingerprint density at radius 1 is 1.20 bits per heavy atom. The van der Waals surface area contributed by atoms with E-state index in [1.807, 2.05) is 24.3 Å². The summed E-state index contributed by atoms with van der Waals surface area (Å²) < 4.78 is 6.24. The number of aromatic nitrogens is 2. The van der Waals surface area contributed by atoms with Crippen molar-refractivity contribution in [1.29, 1.82) is 0 Å². The molecule has 0 saturated carbocycles. The van der Waals surface area contributed by atoms with Gasteiger partial charge in [0.1, 0.15) is 11.3 Å². The molecular formula is C18H13N3O4. The predicted molar refractivity (Wildman–Crippen MR) is 93.3 cm³/mol. The summed E-state index contributed by atoms with van der Waals surface area (Å²) in [6.07, 6.45) is 4.60. The van der Waals surface area contributed by atoms with Crippen molar-refractivity contribution in [2.24, 2.45) is 4.99 Å². The standard InChI is InChI=1S/C18H13N3O4/c22-16-14(8-11-9-19-15-6-2-1-5-13(11)15)17(23)21(18(24)20-16)10-12-4-3-7-25-12/h1-9,23H,10H2,(H,20,22,24). The molecule has 0 aliphatic carbocycles. The van der Waals surface area contributed by atoms with E-state index in [1.54, 1.807) is 18.3 Å². The summed E-state index contributed by atoms with van der Waals surface area (Å²) >= 11 is 0. The van der Waals surface area contributed by atoms with Gasteiger partial charge in [0.05, 0.1) is 18.5 Å². The maximum Gasteiger partial charge on any atom is 0.331 e.